The molecule has 0 saturated heterocycles. The highest BCUT2D eigenvalue weighted by Crippen LogP contribution is 2.15. The summed E-state index contributed by atoms with van der Waals surface area (Å²) in [6.45, 7) is 4.03. The lowest BCUT2D eigenvalue weighted by Gasteiger charge is -2.17. The van der Waals surface area contributed by atoms with Crippen molar-refractivity contribution in [3.63, 3.8) is 0 Å². The van der Waals surface area contributed by atoms with Crippen molar-refractivity contribution >= 4 is 6.29 Å². The van der Waals surface area contributed by atoms with Crippen LogP contribution < -0.4 is 0 Å². The van der Waals surface area contributed by atoms with Crippen molar-refractivity contribution in [1.82, 2.24) is 0 Å². The molecule has 1 unspecified atom stereocenters. The van der Waals surface area contributed by atoms with E-state index in [-0.39, 0.29) is 12.0 Å². The average molecular weight is 180 g/mol. The molecule has 0 radical (unpaired) electrons. The number of ether oxygens (including phenoxy) is 1. The first-order valence-corrected chi connectivity index (χ1v) is 4.71. The normalized spacial score (nSPS) is 23.0. The van der Waals surface area contributed by atoms with Crippen LogP contribution in [0.25, 0.3) is 0 Å². The summed E-state index contributed by atoms with van der Waals surface area (Å²) >= 11 is 0. The molecule has 72 valence electrons. The number of carbonyl (C=O) groups excluding carboxylic acids is 1. The molecule has 0 aromatic carbocycles. The van der Waals surface area contributed by atoms with Crippen LogP contribution in [0.15, 0.2) is 24.0 Å². The van der Waals surface area contributed by atoms with Crippen molar-refractivity contribution in [2.45, 2.75) is 32.8 Å². The molecule has 1 aliphatic rings. The van der Waals surface area contributed by atoms with Crippen molar-refractivity contribution in [2.24, 2.45) is 5.92 Å². The van der Waals surface area contributed by atoms with Crippen molar-refractivity contribution in [3.8, 4) is 0 Å². The van der Waals surface area contributed by atoms with Crippen molar-refractivity contribution in [1.29, 1.82) is 0 Å². The van der Waals surface area contributed by atoms with Gasteiger partial charge in [0.2, 0.25) is 0 Å². The molecule has 0 aromatic rings. The van der Waals surface area contributed by atoms with E-state index in [1.165, 1.54) is 0 Å². The first-order chi connectivity index (χ1) is 6.24. The van der Waals surface area contributed by atoms with Crippen molar-refractivity contribution < 1.29 is 9.53 Å². The van der Waals surface area contributed by atoms with Gasteiger partial charge in [-0.15, -0.1) is 0 Å². The molecule has 0 aromatic heterocycles. The van der Waals surface area contributed by atoms with E-state index in [1.807, 2.05) is 26.0 Å². The number of allylic oxidation sites excluding steroid dienone is 2. The molecule has 0 bridgehead atoms. The first kappa shape index (κ1) is 10.0. The standard InChI is InChI=1S/C11H16O2/c1-9(2)10(8-12)7-11-5-3-4-6-13-11/h4,6-9,11H,3,5H2,1-2H3/b10-7-. The van der Waals surface area contributed by atoms with E-state index in [0.29, 0.717) is 0 Å². The molecule has 0 spiro atoms. The van der Waals surface area contributed by atoms with Gasteiger partial charge < -0.3 is 4.74 Å². The molecule has 0 fully saturated rings. The Labute approximate surface area is 79.3 Å². The molecule has 2 nitrogen and oxygen atoms in total. The molecule has 0 aliphatic carbocycles. The quantitative estimate of drug-likeness (QED) is 0.492. The Balaban J connectivity index is 2.60. The van der Waals surface area contributed by atoms with Crippen LogP contribution in [0.1, 0.15) is 26.7 Å². The maximum Gasteiger partial charge on any atom is 0.146 e. The number of hydrogen-bond acceptors (Lipinski definition) is 2. The second-order valence-corrected chi connectivity index (χ2v) is 3.56. The van der Waals surface area contributed by atoms with Crippen LogP contribution >= 0.6 is 0 Å². The van der Waals surface area contributed by atoms with Gasteiger partial charge >= 0.3 is 0 Å². The Bertz CT molecular complexity index is 226. The van der Waals surface area contributed by atoms with Crippen LogP contribution in [0.2, 0.25) is 0 Å². The number of aldehydes is 1. The maximum absolute atomic E-state index is 10.7. The van der Waals surface area contributed by atoms with Gasteiger partial charge in [-0.05, 0) is 36.5 Å². The average Bonchev–Trinajstić information content (AvgIpc) is 2.15. The van der Waals surface area contributed by atoms with Crippen LogP contribution in [0.5, 0.6) is 0 Å². The molecule has 0 amide bonds. The Hall–Kier alpha value is -1.05. The Kier molecular flexibility index (Phi) is 3.74. The van der Waals surface area contributed by atoms with Crippen LogP contribution in [-0.2, 0) is 9.53 Å². The van der Waals surface area contributed by atoms with E-state index in [9.17, 15) is 4.79 Å². The van der Waals surface area contributed by atoms with Gasteiger partial charge in [0.1, 0.15) is 12.4 Å². The van der Waals surface area contributed by atoms with Crippen LogP contribution in [0.3, 0.4) is 0 Å². The first-order valence-electron chi connectivity index (χ1n) is 4.71. The Morgan fingerprint density at radius 3 is 2.85 bits per heavy atom. The zero-order chi connectivity index (χ0) is 9.68. The van der Waals surface area contributed by atoms with E-state index in [2.05, 4.69) is 0 Å². The zero-order valence-corrected chi connectivity index (χ0v) is 8.19. The minimum Gasteiger partial charge on any atom is -0.494 e. The number of hydrogen-bond donors (Lipinski definition) is 0. The molecule has 1 aliphatic heterocycles. The number of rotatable bonds is 3. The van der Waals surface area contributed by atoms with E-state index in [1.54, 1.807) is 6.26 Å². The predicted molar refractivity (Wildman–Crippen MR) is 52.2 cm³/mol. The molecule has 1 atom stereocenters. The summed E-state index contributed by atoms with van der Waals surface area (Å²) in [5, 5.41) is 0. The second kappa shape index (κ2) is 4.85. The van der Waals surface area contributed by atoms with E-state index in [0.717, 1.165) is 24.7 Å². The minimum atomic E-state index is 0.0904. The van der Waals surface area contributed by atoms with Gasteiger partial charge in [0.25, 0.3) is 0 Å². The highest BCUT2D eigenvalue weighted by Gasteiger charge is 2.10. The van der Waals surface area contributed by atoms with E-state index >= 15 is 0 Å². The van der Waals surface area contributed by atoms with E-state index in [4.69, 9.17) is 4.74 Å². The summed E-state index contributed by atoms with van der Waals surface area (Å²) in [5.74, 6) is 0.284. The van der Waals surface area contributed by atoms with Crippen LogP contribution in [-0.4, -0.2) is 12.4 Å². The lowest BCUT2D eigenvalue weighted by atomic mass is 10.0. The van der Waals surface area contributed by atoms with Gasteiger partial charge in [-0.1, -0.05) is 13.8 Å². The van der Waals surface area contributed by atoms with Crippen LogP contribution in [0.4, 0.5) is 0 Å². The fourth-order valence-corrected chi connectivity index (χ4v) is 1.26. The predicted octanol–water partition coefficient (Wildman–Crippen LogP) is 2.46. The molecule has 2 heteroatoms. The molecule has 0 saturated carbocycles. The lowest BCUT2D eigenvalue weighted by Crippen LogP contribution is -2.11. The fraction of sp³-hybridized carbons (Fsp3) is 0.545. The largest absolute Gasteiger partial charge is 0.494 e. The monoisotopic (exact) mass is 180 g/mol. The summed E-state index contributed by atoms with van der Waals surface area (Å²) in [7, 11) is 0. The van der Waals surface area contributed by atoms with Crippen molar-refractivity contribution in [2.75, 3.05) is 0 Å². The third-order valence-corrected chi connectivity index (χ3v) is 2.15. The second-order valence-electron chi connectivity index (χ2n) is 3.56. The summed E-state index contributed by atoms with van der Waals surface area (Å²) in [4.78, 5) is 10.7. The molecule has 0 N–H and O–H groups in total. The summed E-state index contributed by atoms with van der Waals surface area (Å²) < 4.78 is 5.34. The van der Waals surface area contributed by atoms with Crippen LogP contribution in [0, 0.1) is 5.92 Å². The molecular weight excluding hydrogens is 164 g/mol. The summed E-state index contributed by atoms with van der Waals surface area (Å²) in [5.41, 5.74) is 0.834. The topological polar surface area (TPSA) is 26.3 Å². The third kappa shape index (κ3) is 3.05. The van der Waals surface area contributed by atoms with Gasteiger partial charge in [-0.3, -0.25) is 4.79 Å². The van der Waals surface area contributed by atoms with Gasteiger partial charge in [0.15, 0.2) is 0 Å². The van der Waals surface area contributed by atoms with Gasteiger partial charge in [0.05, 0.1) is 6.26 Å². The smallest absolute Gasteiger partial charge is 0.146 e. The van der Waals surface area contributed by atoms with Gasteiger partial charge in [0, 0.05) is 0 Å². The fourth-order valence-electron chi connectivity index (χ4n) is 1.26. The molecule has 1 rings (SSSR count). The summed E-state index contributed by atoms with van der Waals surface area (Å²) in [6, 6.07) is 0. The highest BCUT2D eigenvalue weighted by molar-refractivity contribution is 5.73. The Morgan fingerprint density at radius 1 is 1.62 bits per heavy atom. The number of carbonyl (C=O) groups is 1. The summed E-state index contributed by atoms with van der Waals surface area (Å²) in [6.07, 6.45) is 8.67. The highest BCUT2D eigenvalue weighted by atomic mass is 16.5. The third-order valence-electron chi connectivity index (χ3n) is 2.15. The minimum absolute atomic E-state index is 0.0904. The lowest BCUT2D eigenvalue weighted by molar-refractivity contribution is -0.105. The zero-order valence-electron chi connectivity index (χ0n) is 8.19. The van der Waals surface area contributed by atoms with Gasteiger partial charge in [-0.2, -0.15) is 0 Å². The molecular formula is C11H16O2. The van der Waals surface area contributed by atoms with Crippen molar-refractivity contribution in [3.05, 3.63) is 24.0 Å². The Morgan fingerprint density at radius 2 is 2.38 bits per heavy atom. The van der Waals surface area contributed by atoms with E-state index < -0.39 is 0 Å². The van der Waals surface area contributed by atoms with Gasteiger partial charge in [-0.25, -0.2) is 0 Å². The molecule has 13 heavy (non-hydrogen) atoms. The SMILES string of the molecule is CC(C)/C(C=O)=C\C1CCC=CO1. The molecule has 1 heterocycles. The maximum atomic E-state index is 10.7.